The minimum Gasteiger partial charge on any atom is -0.396 e. The second-order valence-electron chi connectivity index (χ2n) is 6.25. The van der Waals surface area contributed by atoms with E-state index in [0.29, 0.717) is 11.6 Å². The average Bonchev–Trinajstić information content (AvgIpc) is 3.11. The van der Waals surface area contributed by atoms with Gasteiger partial charge in [0.1, 0.15) is 0 Å². The largest absolute Gasteiger partial charge is 0.396 e. The molecular formula is C18H23N3O2. The monoisotopic (exact) mass is 313 g/mol. The molecule has 5 heteroatoms. The summed E-state index contributed by atoms with van der Waals surface area (Å²) in [5.74, 6) is 0.360. The molecule has 23 heavy (non-hydrogen) atoms. The van der Waals surface area contributed by atoms with Crippen molar-refractivity contribution in [3.63, 3.8) is 0 Å². The molecule has 1 amide bonds. The molecule has 1 aliphatic carbocycles. The van der Waals surface area contributed by atoms with E-state index in [1.807, 2.05) is 48.5 Å². The van der Waals surface area contributed by atoms with Crippen LogP contribution in [0.1, 0.15) is 36.2 Å². The molecule has 1 fully saturated rings. The second-order valence-corrected chi connectivity index (χ2v) is 6.25. The first-order chi connectivity index (χ1) is 11.2. The van der Waals surface area contributed by atoms with Crippen molar-refractivity contribution < 1.29 is 9.90 Å². The van der Waals surface area contributed by atoms with Crippen LogP contribution in [0.3, 0.4) is 0 Å². The Hall–Kier alpha value is -2.14. The Balaban J connectivity index is 1.67. The summed E-state index contributed by atoms with van der Waals surface area (Å²) in [6, 6.07) is 11.8. The number of amides is 1. The van der Waals surface area contributed by atoms with Crippen molar-refractivity contribution in [2.45, 2.75) is 31.7 Å². The lowest BCUT2D eigenvalue weighted by atomic mass is 9.86. The van der Waals surface area contributed by atoms with Gasteiger partial charge in [0.25, 0.3) is 5.91 Å². The van der Waals surface area contributed by atoms with Gasteiger partial charge in [-0.3, -0.25) is 4.79 Å². The van der Waals surface area contributed by atoms with Crippen molar-refractivity contribution in [2.75, 3.05) is 13.7 Å². The molecule has 3 rings (SSSR count). The molecule has 0 atom stereocenters. The van der Waals surface area contributed by atoms with Crippen LogP contribution in [0, 0.1) is 5.92 Å². The lowest BCUT2D eigenvalue weighted by Gasteiger charge is -2.33. The van der Waals surface area contributed by atoms with E-state index >= 15 is 0 Å². The summed E-state index contributed by atoms with van der Waals surface area (Å²) in [4.78, 5) is 14.5. The maximum Gasteiger partial charge on any atom is 0.274 e. The van der Waals surface area contributed by atoms with Crippen LogP contribution in [0.25, 0.3) is 5.69 Å². The number of hydrogen-bond acceptors (Lipinski definition) is 3. The van der Waals surface area contributed by atoms with Crippen LogP contribution in [-0.2, 0) is 0 Å². The van der Waals surface area contributed by atoms with Gasteiger partial charge in [0.2, 0.25) is 0 Å². The third-order valence-corrected chi connectivity index (χ3v) is 4.77. The number of hydrogen-bond donors (Lipinski definition) is 1. The number of aliphatic hydroxyl groups excluding tert-OH is 1. The maximum atomic E-state index is 12.6. The fraction of sp³-hybridized carbons (Fsp3) is 0.444. The van der Waals surface area contributed by atoms with E-state index in [1.54, 1.807) is 10.7 Å². The Morgan fingerprint density at radius 3 is 2.57 bits per heavy atom. The van der Waals surface area contributed by atoms with Crippen molar-refractivity contribution in [3.8, 4) is 5.69 Å². The lowest BCUT2D eigenvalue weighted by molar-refractivity contribution is 0.0646. The number of carbonyl (C=O) groups is 1. The Kier molecular flexibility index (Phi) is 4.76. The first-order valence-corrected chi connectivity index (χ1v) is 8.18. The molecule has 1 heterocycles. The van der Waals surface area contributed by atoms with Gasteiger partial charge < -0.3 is 10.0 Å². The summed E-state index contributed by atoms with van der Waals surface area (Å²) in [6.07, 6.45) is 5.69. The molecule has 1 N–H and O–H groups in total. The number of rotatable bonds is 4. The maximum absolute atomic E-state index is 12.6. The zero-order valence-corrected chi connectivity index (χ0v) is 13.4. The highest BCUT2D eigenvalue weighted by atomic mass is 16.3. The zero-order valence-electron chi connectivity index (χ0n) is 13.4. The van der Waals surface area contributed by atoms with E-state index in [9.17, 15) is 9.90 Å². The van der Waals surface area contributed by atoms with Crippen molar-refractivity contribution in [1.82, 2.24) is 14.7 Å². The van der Waals surface area contributed by atoms with Crippen molar-refractivity contribution >= 4 is 5.91 Å². The van der Waals surface area contributed by atoms with Crippen molar-refractivity contribution in [1.29, 1.82) is 0 Å². The van der Waals surface area contributed by atoms with E-state index in [-0.39, 0.29) is 18.6 Å². The van der Waals surface area contributed by atoms with Crippen LogP contribution < -0.4 is 0 Å². The van der Waals surface area contributed by atoms with Gasteiger partial charge in [-0.15, -0.1) is 0 Å². The molecule has 1 aromatic carbocycles. The average molecular weight is 313 g/mol. The molecule has 0 spiro atoms. The van der Waals surface area contributed by atoms with Crippen molar-refractivity contribution in [3.05, 3.63) is 48.3 Å². The molecule has 0 bridgehead atoms. The van der Waals surface area contributed by atoms with Gasteiger partial charge in [0.05, 0.1) is 5.69 Å². The van der Waals surface area contributed by atoms with E-state index in [0.717, 1.165) is 31.4 Å². The summed E-state index contributed by atoms with van der Waals surface area (Å²) in [5, 5.41) is 13.6. The third kappa shape index (κ3) is 3.45. The molecule has 1 saturated carbocycles. The number of aliphatic hydroxyl groups is 1. The second kappa shape index (κ2) is 6.96. The summed E-state index contributed by atoms with van der Waals surface area (Å²) in [6.45, 7) is 0.256. The fourth-order valence-corrected chi connectivity index (χ4v) is 3.22. The van der Waals surface area contributed by atoms with E-state index in [4.69, 9.17) is 0 Å². The van der Waals surface area contributed by atoms with Gasteiger partial charge in [-0.1, -0.05) is 18.2 Å². The van der Waals surface area contributed by atoms with Crippen LogP contribution in [0.4, 0.5) is 0 Å². The van der Waals surface area contributed by atoms with Gasteiger partial charge >= 0.3 is 0 Å². The first-order valence-electron chi connectivity index (χ1n) is 8.18. The molecule has 1 aromatic heterocycles. The Morgan fingerprint density at radius 2 is 1.91 bits per heavy atom. The molecule has 5 nitrogen and oxygen atoms in total. The van der Waals surface area contributed by atoms with Gasteiger partial charge in [-0.2, -0.15) is 5.10 Å². The van der Waals surface area contributed by atoms with Crippen LogP contribution in [0.15, 0.2) is 42.6 Å². The smallest absolute Gasteiger partial charge is 0.274 e. The van der Waals surface area contributed by atoms with Crippen LogP contribution in [0.2, 0.25) is 0 Å². The molecule has 0 unspecified atom stereocenters. The van der Waals surface area contributed by atoms with Crippen LogP contribution >= 0.6 is 0 Å². The molecule has 2 aromatic rings. The van der Waals surface area contributed by atoms with Gasteiger partial charge in [-0.25, -0.2) is 4.68 Å². The summed E-state index contributed by atoms with van der Waals surface area (Å²) >= 11 is 0. The zero-order chi connectivity index (χ0) is 16.2. The summed E-state index contributed by atoms with van der Waals surface area (Å²) in [7, 11) is 1.85. The topological polar surface area (TPSA) is 58.4 Å². The third-order valence-electron chi connectivity index (χ3n) is 4.77. The summed E-state index contributed by atoms with van der Waals surface area (Å²) in [5.41, 5.74) is 1.42. The number of benzene rings is 1. The Bertz CT molecular complexity index is 645. The van der Waals surface area contributed by atoms with E-state index < -0.39 is 0 Å². The lowest BCUT2D eigenvalue weighted by Crippen LogP contribution is -2.40. The van der Waals surface area contributed by atoms with E-state index in [1.165, 1.54) is 0 Å². The highest BCUT2D eigenvalue weighted by Gasteiger charge is 2.27. The first kappa shape index (κ1) is 15.7. The Morgan fingerprint density at radius 1 is 1.22 bits per heavy atom. The predicted octanol–water partition coefficient (Wildman–Crippen LogP) is 2.50. The van der Waals surface area contributed by atoms with Gasteiger partial charge in [0.15, 0.2) is 5.69 Å². The summed E-state index contributed by atoms with van der Waals surface area (Å²) < 4.78 is 1.73. The molecule has 0 saturated heterocycles. The van der Waals surface area contributed by atoms with Crippen LogP contribution in [-0.4, -0.2) is 45.4 Å². The molecule has 0 aliphatic heterocycles. The molecule has 0 radical (unpaired) electrons. The Labute approximate surface area is 136 Å². The molecule has 122 valence electrons. The van der Waals surface area contributed by atoms with Gasteiger partial charge in [-0.05, 0) is 49.8 Å². The normalized spacial score (nSPS) is 21.1. The fourth-order valence-electron chi connectivity index (χ4n) is 3.22. The minimum atomic E-state index is -0.0351. The number of para-hydroxylation sites is 1. The molecular weight excluding hydrogens is 290 g/mol. The molecule has 1 aliphatic rings. The standard InChI is InChI=1S/C18H23N3O2/c1-20(15-9-7-14(13-22)8-10-15)18(23)17-11-12-21(19-17)16-5-3-2-4-6-16/h2-6,11-12,14-15,22H,7-10,13H2,1H3. The number of nitrogens with zero attached hydrogens (tertiary/aromatic N) is 3. The SMILES string of the molecule is CN(C(=O)c1ccn(-c2ccccc2)n1)C1CCC(CO)CC1. The predicted molar refractivity (Wildman–Crippen MR) is 88.5 cm³/mol. The van der Waals surface area contributed by atoms with Crippen LogP contribution in [0.5, 0.6) is 0 Å². The van der Waals surface area contributed by atoms with Gasteiger partial charge in [0, 0.05) is 25.9 Å². The highest BCUT2D eigenvalue weighted by molar-refractivity contribution is 5.92. The van der Waals surface area contributed by atoms with Crippen molar-refractivity contribution in [2.24, 2.45) is 5.92 Å². The highest BCUT2D eigenvalue weighted by Crippen LogP contribution is 2.27. The quantitative estimate of drug-likeness (QED) is 0.943. The number of carbonyl (C=O) groups excluding carboxylic acids is 1. The minimum absolute atomic E-state index is 0.0351. The number of aromatic nitrogens is 2. The van der Waals surface area contributed by atoms with E-state index in [2.05, 4.69) is 5.10 Å².